The third-order valence-corrected chi connectivity index (χ3v) is 4.49. The number of anilines is 2. The molecule has 0 fully saturated rings. The van der Waals surface area contributed by atoms with Crippen LogP contribution in [0.3, 0.4) is 0 Å². The van der Waals surface area contributed by atoms with Crippen molar-refractivity contribution in [3.63, 3.8) is 0 Å². The zero-order chi connectivity index (χ0) is 18.1. The number of aromatic nitrogens is 1. The highest BCUT2D eigenvalue weighted by Crippen LogP contribution is 2.28. The molecule has 0 spiro atoms. The minimum atomic E-state index is -0.178. The van der Waals surface area contributed by atoms with E-state index in [-0.39, 0.29) is 5.91 Å². The van der Waals surface area contributed by atoms with Crippen LogP contribution >= 0.6 is 0 Å². The smallest absolute Gasteiger partial charge is 0.255 e. The quantitative estimate of drug-likeness (QED) is 0.527. The van der Waals surface area contributed by atoms with Crippen molar-refractivity contribution in [3.8, 4) is 5.69 Å². The van der Waals surface area contributed by atoms with Crippen molar-refractivity contribution in [2.75, 3.05) is 11.1 Å². The topological polar surface area (TPSA) is 60.0 Å². The highest BCUT2D eigenvalue weighted by atomic mass is 16.1. The van der Waals surface area contributed by atoms with Crippen LogP contribution in [-0.2, 0) is 0 Å². The summed E-state index contributed by atoms with van der Waals surface area (Å²) < 4.78 is 2.07. The lowest BCUT2D eigenvalue weighted by molar-refractivity contribution is 0.102. The largest absolute Gasteiger partial charge is 0.397 e. The molecule has 0 radical (unpaired) electrons. The first-order chi connectivity index (χ1) is 12.6. The number of carbonyl (C=O) groups excluding carboxylic acids is 1. The number of nitrogens with zero attached hydrogens (tertiary/aromatic N) is 1. The first-order valence-corrected chi connectivity index (χ1v) is 8.46. The van der Waals surface area contributed by atoms with Crippen LogP contribution in [0.15, 0.2) is 79.0 Å². The normalized spacial score (nSPS) is 10.8. The molecule has 1 aromatic heterocycles. The summed E-state index contributed by atoms with van der Waals surface area (Å²) >= 11 is 0. The van der Waals surface area contributed by atoms with Crippen LogP contribution in [0.5, 0.6) is 0 Å². The number of hydrogen-bond acceptors (Lipinski definition) is 2. The number of hydrogen-bond donors (Lipinski definition) is 2. The Morgan fingerprint density at radius 1 is 0.962 bits per heavy atom. The van der Waals surface area contributed by atoms with E-state index in [2.05, 4.69) is 35.1 Å². The number of aryl methyl sites for hydroxylation is 1. The molecular formula is C22H19N3O. The second-order valence-corrected chi connectivity index (χ2v) is 6.29. The molecule has 0 aliphatic heterocycles. The van der Waals surface area contributed by atoms with Crippen molar-refractivity contribution in [3.05, 3.63) is 90.1 Å². The molecule has 3 N–H and O–H groups in total. The summed E-state index contributed by atoms with van der Waals surface area (Å²) in [6, 6.07) is 23.0. The molecule has 0 atom stereocenters. The molecular weight excluding hydrogens is 322 g/mol. The van der Waals surface area contributed by atoms with Gasteiger partial charge in [-0.25, -0.2) is 0 Å². The van der Waals surface area contributed by atoms with Gasteiger partial charge in [-0.2, -0.15) is 0 Å². The zero-order valence-corrected chi connectivity index (χ0v) is 14.4. The molecule has 4 rings (SSSR count). The second kappa shape index (κ2) is 6.41. The van der Waals surface area contributed by atoms with E-state index in [0.29, 0.717) is 11.3 Å². The molecule has 26 heavy (non-hydrogen) atoms. The van der Waals surface area contributed by atoms with E-state index in [1.165, 1.54) is 10.9 Å². The number of fused-ring (bicyclic) bond motifs is 1. The minimum absolute atomic E-state index is 0.178. The van der Waals surface area contributed by atoms with Gasteiger partial charge in [0.1, 0.15) is 0 Å². The standard InChI is InChI=1S/C22H19N3O/c1-15-14-25(20-10-6-5-9-18(15)20)21-12-11-16(13-19(21)23)22(26)24-17-7-3-2-4-8-17/h2-14H,23H2,1H3,(H,24,26). The van der Waals surface area contributed by atoms with Gasteiger partial charge in [0.2, 0.25) is 0 Å². The van der Waals surface area contributed by atoms with Crippen molar-refractivity contribution >= 4 is 28.2 Å². The highest BCUT2D eigenvalue weighted by molar-refractivity contribution is 6.05. The number of nitrogens with two attached hydrogens (primary N) is 1. The summed E-state index contributed by atoms with van der Waals surface area (Å²) in [5.41, 5.74) is 11.3. The maximum atomic E-state index is 12.5. The maximum absolute atomic E-state index is 12.5. The van der Waals surface area contributed by atoms with Crippen LogP contribution in [0.2, 0.25) is 0 Å². The van der Waals surface area contributed by atoms with E-state index >= 15 is 0 Å². The van der Waals surface area contributed by atoms with Gasteiger partial charge in [0.05, 0.1) is 16.9 Å². The Balaban J connectivity index is 1.69. The molecule has 4 aromatic rings. The average Bonchev–Trinajstić information content (AvgIpc) is 2.99. The first kappa shape index (κ1) is 16.0. The molecule has 128 valence electrons. The molecule has 0 aliphatic carbocycles. The first-order valence-electron chi connectivity index (χ1n) is 8.46. The summed E-state index contributed by atoms with van der Waals surface area (Å²) in [7, 11) is 0. The van der Waals surface area contributed by atoms with Crippen LogP contribution < -0.4 is 11.1 Å². The van der Waals surface area contributed by atoms with E-state index < -0.39 is 0 Å². The number of nitrogen functional groups attached to an aromatic ring is 1. The third kappa shape index (κ3) is 2.82. The number of benzene rings is 3. The molecule has 0 saturated carbocycles. The maximum Gasteiger partial charge on any atom is 0.255 e. The fourth-order valence-electron chi connectivity index (χ4n) is 3.19. The lowest BCUT2D eigenvalue weighted by atomic mass is 10.1. The van der Waals surface area contributed by atoms with Crippen LogP contribution in [-0.4, -0.2) is 10.5 Å². The average molecular weight is 341 g/mol. The van der Waals surface area contributed by atoms with Gasteiger partial charge in [-0.3, -0.25) is 4.79 Å². The molecule has 4 heteroatoms. The molecule has 0 bridgehead atoms. The Hall–Kier alpha value is -3.53. The Kier molecular flexibility index (Phi) is 3.93. The van der Waals surface area contributed by atoms with Gasteiger partial charge in [-0.1, -0.05) is 36.4 Å². The van der Waals surface area contributed by atoms with Gasteiger partial charge >= 0.3 is 0 Å². The molecule has 0 saturated heterocycles. The van der Waals surface area contributed by atoms with Crippen molar-refractivity contribution < 1.29 is 4.79 Å². The van der Waals surface area contributed by atoms with E-state index in [0.717, 1.165) is 16.9 Å². The predicted molar refractivity (Wildman–Crippen MR) is 107 cm³/mol. The van der Waals surface area contributed by atoms with Gasteiger partial charge in [0.15, 0.2) is 0 Å². The van der Waals surface area contributed by atoms with Gasteiger partial charge in [0.25, 0.3) is 5.91 Å². The molecule has 3 aromatic carbocycles. The van der Waals surface area contributed by atoms with E-state index in [1.807, 2.05) is 48.5 Å². The summed E-state index contributed by atoms with van der Waals surface area (Å²) in [5.74, 6) is -0.178. The summed E-state index contributed by atoms with van der Waals surface area (Å²) in [4.78, 5) is 12.5. The van der Waals surface area contributed by atoms with E-state index in [1.54, 1.807) is 12.1 Å². The Bertz CT molecular complexity index is 1100. The highest BCUT2D eigenvalue weighted by Gasteiger charge is 2.12. The van der Waals surface area contributed by atoms with Crippen molar-refractivity contribution in [1.82, 2.24) is 4.57 Å². The van der Waals surface area contributed by atoms with Gasteiger partial charge in [-0.15, -0.1) is 0 Å². The zero-order valence-electron chi connectivity index (χ0n) is 14.4. The lowest BCUT2D eigenvalue weighted by Crippen LogP contribution is -2.12. The predicted octanol–water partition coefficient (Wildman–Crippen LogP) is 4.77. The van der Waals surface area contributed by atoms with Gasteiger partial charge in [0, 0.05) is 22.8 Å². The third-order valence-electron chi connectivity index (χ3n) is 4.49. The molecule has 0 unspecified atom stereocenters. The minimum Gasteiger partial charge on any atom is -0.397 e. The molecule has 1 amide bonds. The van der Waals surface area contributed by atoms with Crippen molar-refractivity contribution in [1.29, 1.82) is 0 Å². The summed E-state index contributed by atoms with van der Waals surface area (Å²) in [5, 5.41) is 4.07. The lowest BCUT2D eigenvalue weighted by Gasteiger charge is -2.11. The Morgan fingerprint density at radius 3 is 2.46 bits per heavy atom. The van der Waals surface area contributed by atoms with Crippen LogP contribution in [0.25, 0.3) is 16.6 Å². The summed E-state index contributed by atoms with van der Waals surface area (Å²) in [6.07, 6.45) is 2.07. The van der Waals surface area contributed by atoms with Crippen LogP contribution in [0.1, 0.15) is 15.9 Å². The van der Waals surface area contributed by atoms with Crippen LogP contribution in [0, 0.1) is 6.92 Å². The fraction of sp³-hybridized carbons (Fsp3) is 0.0455. The van der Waals surface area contributed by atoms with E-state index in [9.17, 15) is 4.79 Å². The van der Waals surface area contributed by atoms with Crippen LogP contribution in [0.4, 0.5) is 11.4 Å². The SMILES string of the molecule is Cc1cn(-c2ccc(C(=O)Nc3ccccc3)cc2N)c2ccccc12. The van der Waals surface area contributed by atoms with Gasteiger partial charge in [-0.05, 0) is 48.9 Å². The monoisotopic (exact) mass is 341 g/mol. The molecule has 1 heterocycles. The van der Waals surface area contributed by atoms with Crippen molar-refractivity contribution in [2.24, 2.45) is 0 Å². The van der Waals surface area contributed by atoms with Gasteiger partial charge < -0.3 is 15.6 Å². The number of amides is 1. The fourth-order valence-corrected chi connectivity index (χ4v) is 3.19. The van der Waals surface area contributed by atoms with E-state index in [4.69, 9.17) is 5.73 Å². The molecule has 0 aliphatic rings. The number of rotatable bonds is 3. The molecule has 4 nitrogen and oxygen atoms in total. The number of carbonyl (C=O) groups is 1. The number of para-hydroxylation sites is 2. The van der Waals surface area contributed by atoms with Crippen molar-refractivity contribution in [2.45, 2.75) is 6.92 Å². The number of nitrogens with one attached hydrogen (secondary N) is 1. The summed E-state index contributed by atoms with van der Waals surface area (Å²) in [6.45, 7) is 2.08. The Morgan fingerprint density at radius 2 is 1.69 bits per heavy atom. The Labute approximate surface area is 151 Å². The second-order valence-electron chi connectivity index (χ2n) is 6.29.